The minimum Gasteiger partial charge on any atom is -0.506 e. The van der Waals surface area contributed by atoms with Gasteiger partial charge in [-0.25, -0.2) is 10.2 Å². The number of phenolic OH excluding ortho intramolecular Hbond substituents is 1. The number of hydrogen-bond donors (Lipinski definition) is 5. The van der Waals surface area contributed by atoms with Gasteiger partial charge in [0.25, 0.3) is 0 Å². The molecule has 5 N–H and O–H groups in total. The summed E-state index contributed by atoms with van der Waals surface area (Å²) in [6.45, 7) is 5.44. The molecule has 0 fully saturated rings. The number of aromatic hydroxyl groups is 1. The molecule has 0 aliphatic carbocycles. The summed E-state index contributed by atoms with van der Waals surface area (Å²) in [4.78, 5) is 35.2. The van der Waals surface area contributed by atoms with Gasteiger partial charge in [0.1, 0.15) is 5.75 Å². The van der Waals surface area contributed by atoms with Gasteiger partial charge in [-0.1, -0.05) is 25.6 Å². The lowest BCUT2D eigenvalue weighted by atomic mass is 10.2. The highest BCUT2D eigenvalue weighted by molar-refractivity contribution is 7.99. The lowest BCUT2D eigenvalue weighted by molar-refractivity contribution is -0.114. The molecular formula is C17H23N7O4S. The number of amides is 2. The minimum absolute atomic E-state index is 0.109. The van der Waals surface area contributed by atoms with E-state index in [4.69, 9.17) is 0 Å². The van der Waals surface area contributed by atoms with Gasteiger partial charge in [-0.15, -0.1) is 0 Å². The van der Waals surface area contributed by atoms with Gasteiger partial charge in [0, 0.05) is 23.9 Å². The quantitative estimate of drug-likeness (QED) is 0.244. The molecule has 0 spiro atoms. The molecule has 0 aliphatic heterocycles. The summed E-state index contributed by atoms with van der Waals surface area (Å²) >= 11 is 1.45. The van der Waals surface area contributed by atoms with Crippen LogP contribution in [0, 0.1) is 0 Å². The molecule has 12 heteroatoms. The molecule has 1 heterocycles. The van der Waals surface area contributed by atoms with E-state index in [2.05, 4.69) is 48.1 Å². The number of nitrogens with one attached hydrogen (secondary N) is 4. The maximum atomic E-state index is 11.3. The average molecular weight is 421 g/mol. The van der Waals surface area contributed by atoms with Crippen LogP contribution < -0.4 is 21.5 Å². The minimum atomic E-state index is -0.700. The fourth-order valence-corrected chi connectivity index (χ4v) is 2.78. The van der Waals surface area contributed by atoms with Crippen molar-refractivity contribution in [3.63, 3.8) is 0 Å². The molecule has 0 saturated heterocycles. The highest BCUT2D eigenvalue weighted by atomic mass is 32.2. The van der Waals surface area contributed by atoms with Gasteiger partial charge >= 0.3 is 6.09 Å². The summed E-state index contributed by atoms with van der Waals surface area (Å²) < 4.78 is 4.50. The molecule has 0 radical (unpaired) electrons. The smallest absolute Gasteiger partial charge is 0.425 e. The molecule has 2 aromatic rings. The lowest BCUT2D eigenvalue weighted by Gasteiger charge is -2.13. The Hall–Kier alpha value is -3.28. The Kier molecular flexibility index (Phi) is 7.83. The third kappa shape index (κ3) is 6.99. The first kappa shape index (κ1) is 22.0. The fraction of sp³-hybridized carbons (Fsp3) is 0.353. The van der Waals surface area contributed by atoms with Crippen molar-refractivity contribution in [2.45, 2.75) is 37.6 Å². The van der Waals surface area contributed by atoms with Crippen molar-refractivity contribution in [3.05, 3.63) is 18.2 Å². The first-order valence-electron chi connectivity index (χ1n) is 8.71. The molecule has 11 nitrogen and oxygen atoms in total. The summed E-state index contributed by atoms with van der Waals surface area (Å²) in [6, 6.07) is 4.62. The van der Waals surface area contributed by atoms with E-state index in [9.17, 15) is 14.7 Å². The molecule has 1 aromatic heterocycles. The van der Waals surface area contributed by atoms with Gasteiger partial charge < -0.3 is 20.5 Å². The van der Waals surface area contributed by atoms with Crippen LogP contribution in [-0.2, 0) is 9.53 Å². The average Bonchev–Trinajstić information content (AvgIpc) is 2.67. The van der Waals surface area contributed by atoms with E-state index in [0.29, 0.717) is 10.8 Å². The van der Waals surface area contributed by atoms with Crippen LogP contribution in [0.2, 0.25) is 0 Å². The number of hydrazine groups is 1. The van der Waals surface area contributed by atoms with Crippen molar-refractivity contribution >= 4 is 47.0 Å². The summed E-state index contributed by atoms with van der Waals surface area (Å²) in [5, 5.41) is 16.3. The van der Waals surface area contributed by atoms with Gasteiger partial charge in [-0.2, -0.15) is 15.0 Å². The maximum Gasteiger partial charge on any atom is 0.425 e. The Bertz CT molecular complexity index is 881. The molecule has 156 valence electrons. The van der Waals surface area contributed by atoms with Crippen molar-refractivity contribution in [1.82, 2.24) is 20.4 Å². The number of carbonyl (C=O) groups is 2. The van der Waals surface area contributed by atoms with Crippen molar-refractivity contribution in [2.75, 3.05) is 23.2 Å². The molecular weight excluding hydrogens is 398 g/mol. The van der Waals surface area contributed by atoms with Crippen LogP contribution in [0.5, 0.6) is 5.75 Å². The first-order valence-corrected chi connectivity index (χ1v) is 9.59. The van der Waals surface area contributed by atoms with E-state index in [1.807, 2.05) is 6.92 Å². The zero-order valence-corrected chi connectivity index (χ0v) is 17.3. The third-order valence-corrected chi connectivity index (χ3v) is 4.65. The number of rotatable bonds is 8. The Morgan fingerprint density at radius 3 is 2.59 bits per heavy atom. The molecule has 2 amide bonds. The highest BCUT2D eigenvalue weighted by Gasteiger charge is 2.12. The second-order valence-corrected chi connectivity index (χ2v) is 7.29. The lowest BCUT2D eigenvalue weighted by Crippen LogP contribution is -2.30. The van der Waals surface area contributed by atoms with Crippen LogP contribution in [0.4, 0.5) is 28.1 Å². The molecule has 1 unspecified atom stereocenters. The highest BCUT2D eigenvalue weighted by Crippen LogP contribution is 2.29. The Labute approximate surface area is 172 Å². The van der Waals surface area contributed by atoms with Crippen LogP contribution in [0.1, 0.15) is 27.2 Å². The maximum absolute atomic E-state index is 11.3. The molecule has 1 atom stereocenters. The number of aromatic nitrogens is 3. The predicted molar refractivity (Wildman–Crippen MR) is 110 cm³/mol. The number of anilines is 4. The summed E-state index contributed by atoms with van der Waals surface area (Å²) in [5.41, 5.74) is 5.63. The molecule has 2 rings (SSSR count). The van der Waals surface area contributed by atoms with Crippen molar-refractivity contribution in [3.8, 4) is 5.75 Å². The second kappa shape index (κ2) is 10.3. The van der Waals surface area contributed by atoms with Gasteiger partial charge in [0.15, 0.2) is 5.16 Å². The van der Waals surface area contributed by atoms with Gasteiger partial charge in [0.2, 0.25) is 17.8 Å². The molecule has 0 bridgehead atoms. The largest absolute Gasteiger partial charge is 0.506 e. The number of nitrogens with zero attached hydrogens (tertiary/aromatic N) is 3. The standard InChI is InChI=1S/C17H23N7O4S/c1-5-9(2)29-16-21-14(20-15(22-16)23-24-17(27)28-4)19-11-6-7-12(13(26)8-11)18-10(3)25/h6-9,26H,5H2,1-4H3,(H,18,25)(H,24,27)(H2,19,20,21,22,23). The number of carbonyl (C=O) groups excluding carboxylic acids is 2. The Morgan fingerprint density at radius 1 is 1.24 bits per heavy atom. The van der Waals surface area contributed by atoms with Crippen LogP contribution in [0.3, 0.4) is 0 Å². The molecule has 1 aromatic carbocycles. The van der Waals surface area contributed by atoms with Crippen LogP contribution in [0.15, 0.2) is 23.4 Å². The number of hydrogen-bond acceptors (Lipinski definition) is 10. The normalized spacial score (nSPS) is 11.3. The van der Waals surface area contributed by atoms with E-state index in [1.54, 1.807) is 12.1 Å². The Morgan fingerprint density at radius 2 is 1.97 bits per heavy atom. The van der Waals surface area contributed by atoms with E-state index in [-0.39, 0.29) is 34.5 Å². The predicted octanol–water partition coefficient (Wildman–Crippen LogP) is 2.85. The van der Waals surface area contributed by atoms with Crippen LogP contribution in [-0.4, -0.2) is 44.4 Å². The monoisotopic (exact) mass is 421 g/mol. The van der Waals surface area contributed by atoms with Gasteiger partial charge in [0.05, 0.1) is 12.8 Å². The molecule has 0 saturated carbocycles. The zero-order valence-electron chi connectivity index (χ0n) is 16.4. The summed E-state index contributed by atoms with van der Waals surface area (Å²) in [6.07, 6.45) is 0.218. The molecule has 0 aliphatic rings. The van der Waals surface area contributed by atoms with Gasteiger partial charge in [-0.3, -0.25) is 10.2 Å². The van der Waals surface area contributed by atoms with Crippen LogP contribution in [0.25, 0.3) is 0 Å². The summed E-state index contributed by atoms with van der Waals surface area (Å²) in [7, 11) is 1.23. The number of methoxy groups -OCH3 is 1. The van der Waals surface area contributed by atoms with E-state index < -0.39 is 6.09 Å². The summed E-state index contributed by atoms with van der Waals surface area (Å²) in [5.74, 6) is -0.0948. The van der Waals surface area contributed by atoms with Gasteiger partial charge in [-0.05, 0) is 18.6 Å². The van der Waals surface area contributed by atoms with Crippen molar-refractivity contribution in [1.29, 1.82) is 0 Å². The van der Waals surface area contributed by atoms with Crippen molar-refractivity contribution in [2.24, 2.45) is 0 Å². The van der Waals surface area contributed by atoms with E-state index in [1.165, 1.54) is 31.9 Å². The Balaban J connectivity index is 2.25. The second-order valence-electron chi connectivity index (χ2n) is 5.88. The first-order chi connectivity index (χ1) is 13.8. The van der Waals surface area contributed by atoms with E-state index in [0.717, 1.165) is 6.42 Å². The number of thioether (sulfide) groups is 1. The number of phenols is 1. The number of benzene rings is 1. The fourth-order valence-electron chi connectivity index (χ4n) is 1.98. The molecule has 29 heavy (non-hydrogen) atoms. The third-order valence-electron chi connectivity index (χ3n) is 3.52. The van der Waals surface area contributed by atoms with Crippen LogP contribution >= 0.6 is 11.8 Å². The SMILES string of the molecule is CCC(C)Sc1nc(NNC(=O)OC)nc(Nc2ccc(NC(C)=O)c(O)c2)n1. The van der Waals surface area contributed by atoms with Crippen molar-refractivity contribution < 1.29 is 19.4 Å². The van der Waals surface area contributed by atoms with E-state index >= 15 is 0 Å². The topological polar surface area (TPSA) is 150 Å². The number of ether oxygens (including phenoxy) is 1. The zero-order chi connectivity index (χ0) is 21.4.